The number of amides is 2. The van der Waals surface area contributed by atoms with Gasteiger partial charge in [-0.15, -0.1) is 0 Å². The summed E-state index contributed by atoms with van der Waals surface area (Å²) in [6, 6.07) is 0.358. The van der Waals surface area contributed by atoms with E-state index in [0.717, 1.165) is 13.1 Å². The number of hydrogen-bond donors (Lipinski definition) is 2. The largest absolute Gasteiger partial charge is 0.333 e. The Hall–Kier alpha value is -0.770. The van der Waals surface area contributed by atoms with E-state index in [4.69, 9.17) is 5.73 Å². The van der Waals surface area contributed by atoms with Crippen LogP contribution in [0.25, 0.3) is 0 Å². The lowest BCUT2D eigenvalue weighted by Gasteiger charge is -2.19. The lowest BCUT2D eigenvalue weighted by molar-refractivity contribution is 0.210. The monoisotopic (exact) mass is 199 g/mol. The number of nitrogens with zero attached hydrogens (tertiary/aromatic N) is 1. The van der Waals surface area contributed by atoms with Gasteiger partial charge in [-0.25, -0.2) is 4.79 Å². The minimum absolute atomic E-state index is 0.0593. The van der Waals surface area contributed by atoms with Gasteiger partial charge >= 0.3 is 6.03 Å². The number of hydrogen-bond acceptors (Lipinski definition) is 2. The number of nitrogens with two attached hydrogens (primary N) is 1. The van der Waals surface area contributed by atoms with E-state index in [0.29, 0.717) is 24.4 Å². The van der Waals surface area contributed by atoms with Crippen LogP contribution >= 0.6 is 0 Å². The zero-order valence-electron chi connectivity index (χ0n) is 9.29. The Labute approximate surface area is 85.8 Å². The molecule has 2 atom stereocenters. The molecule has 2 amide bonds. The van der Waals surface area contributed by atoms with Gasteiger partial charge in [0.1, 0.15) is 0 Å². The summed E-state index contributed by atoms with van der Waals surface area (Å²) in [6.07, 6.45) is 0. The zero-order chi connectivity index (χ0) is 10.7. The second-order valence-corrected chi connectivity index (χ2v) is 4.55. The van der Waals surface area contributed by atoms with E-state index in [1.165, 1.54) is 0 Å². The Morgan fingerprint density at radius 3 is 2.64 bits per heavy atom. The van der Waals surface area contributed by atoms with E-state index in [1.807, 2.05) is 4.90 Å². The van der Waals surface area contributed by atoms with Gasteiger partial charge in [-0.3, -0.25) is 0 Å². The molecule has 1 aliphatic heterocycles. The number of carbonyl (C=O) groups is 1. The predicted octanol–water partition coefficient (Wildman–Crippen LogP) is 0.631. The van der Waals surface area contributed by atoms with E-state index >= 15 is 0 Å². The maximum atomic E-state index is 11.5. The van der Waals surface area contributed by atoms with Crippen LogP contribution in [0.2, 0.25) is 0 Å². The summed E-state index contributed by atoms with van der Waals surface area (Å²) in [6.45, 7) is 8.54. The van der Waals surface area contributed by atoms with E-state index in [1.54, 1.807) is 0 Å². The normalized spacial score (nSPS) is 24.2. The molecule has 0 aromatic heterocycles. The first-order chi connectivity index (χ1) is 6.54. The molecule has 0 radical (unpaired) electrons. The van der Waals surface area contributed by atoms with Crippen molar-refractivity contribution in [2.45, 2.75) is 26.8 Å². The lowest BCUT2D eigenvalue weighted by atomic mass is 10.1. The highest BCUT2D eigenvalue weighted by Gasteiger charge is 2.30. The molecule has 0 saturated carbocycles. The van der Waals surface area contributed by atoms with Gasteiger partial charge in [0.2, 0.25) is 0 Å². The van der Waals surface area contributed by atoms with E-state index in [-0.39, 0.29) is 6.03 Å². The Morgan fingerprint density at radius 2 is 2.21 bits per heavy atom. The topological polar surface area (TPSA) is 58.4 Å². The number of carbonyl (C=O) groups excluding carboxylic acids is 1. The summed E-state index contributed by atoms with van der Waals surface area (Å²) < 4.78 is 0. The van der Waals surface area contributed by atoms with Gasteiger partial charge in [0, 0.05) is 13.1 Å². The van der Waals surface area contributed by atoms with Gasteiger partial charge in [-0.05, 0) is 18.4 Å². The third-order valence-corrected chi connectivity index (χ3v) is 2.75. The summed E-state index contributed by atoms with van der Waals surface area (Å²) in [7, 11) is 0. The summed E-state index contributed by atoms with van der Waals surface area (Å²) in [4.78, 5) is 13.4. The van der Waals surface area contributed by atoms with Gasteiger partial charge in [-0.1, -0.05) is 20.8 Å². The number of urea groups is 1. The van der Waals surface area contributed by atoms with Gasteiger partial charge in [-0.2, -0.15) is 0 Å². The predicted molar refractivity (Wildman–Crippen MR) is 56.9 cm³/mol. The fourth-order valence-corrected chi connectivity index (χ4v) is 1.60. The fraction of sp³-hybridized carbons (Fsp3) is 0.900. The maximum Gasteiger partial charge on any atom is 0.317 e. The molecule has 0 bridgehead atoms. The molecule has 1 heterocycles. The highest BCUT2D eigenvalue weighted by Crippen LogP contribution is 2.12. The minimum Gasteiger partial charge on any atom is -0.333 e. The van der Waals surface area contributed by atoms with Gasteiger partial charge in [0.05, 0.1) is 6.04 Å². The smallest absolute Gasteiger partial charge is 0.317 e. The molecule has 1 saturated heterocycles. The third kappa shape index (κ3) is 2.61. The summed E-state index contributed by atoms with van der Waals surface area (Å²) >= 11 is 0. The van der Waals surface area contributed by atoms with E-state index in [9.17, 15) is 4.79 Å². The Kier molecular flexibility index (Phi) is 3.75. The van der Waals surface area contributed by atoms with Gasteiger partial charge in [0.15, 0.2) is 0 Å². The molecular weight excluding hydrogens is 178 g/mol. The molecule has 0 aromatic carbocycles. The SMILES string of the molecule is CC(CN)CN1CC(C(C)C)NC1=O. The Morgan fingerprint density at radius 1 is 1.57 bits per heavy atom. The van der Waals surface area contributed by atoms with Crippen LogP contribution in [-0.4, -0.2) is 36.6 Å². The van der Waals surface area contributed by atoms with Crippen molar-refractivity contribution in [3.05, 3.63) is 0 Å². The summed E-state index contributed by atoms with van der Waals surface area (Å²) in [5.41, 5.74) is 5.53. The van der Waals surface area contributed by atoms with Crippen LogP contribution in [0.5, 0.6) is 0 Å². The molecule has 1 aliphatic rings. The number of rotatable bonds is 4. The van der Waals surface area contributed by atoms with Crippen LogP contribution in [0, 0.1) is 11.8 Å². The molecule has 0 aromatic rings. The van der Waals surface area contributed by atoms with Crippen LogP contribution in [0.3, 0.4) is 0 Å². The summed E-state index contributed by atoms with van der Waals surface area (Å²) in [5, 5.41) is 2.98. The third-order valence-electron chi connectivity index (χ3n) is 2.75. The van der Waals surface area contributed by atoms with Crippen molar-refractivity contribution in [2.24, 2.45) is 17.6 Å². The molecule has 2 unspecified atom stereocenters. The Bertz CT molecular complexity index is 206. The molecule has 0 aliphatic carbocycles. The molecule has 1 fully saturated rings. The van der Waals surface area contributed by atoms with E-state index < -0.39 is 0 Å². The molecule has 3 N–H and O–H groups in total. The van der Waals surface area contributed by atoms with Crippen LogP contribution in [0.1, 0.15) is 20.8 Å². The maximum absolute atomic E-state index is 11.5. The molecule has 4 nitrogen and oxygen atoms in total. The van der Waals surface area contributed by atoms with Crippen molar-refractivity contribution in [1.29, 1.82) is 0 Å². The zero-order valence-corrected chi connectivity index (χ0v) is 9.29. The molecular formula is C10H21N3O. The van der Waals surface area contributed by atoms with Crippen molar-refractivity contribution in [3.63, 3.8) is 0 Å². The average Bonchev–Trinajstić information content (AvgIpc) is 2.48. The van der Waals surface area contributed by atoms with E-state index in [2.05, 4.69) is 26.1 Å². The second-order valence-electron chi connectivity index (χ2n) is 4.55. The number of nitrogens with one attached hydrogen (secondary N) is 1. The average molecular weight is 199 g/mol. The van der Waals surface area contributed by atoms with Crippen LogP contribution in [0.4, 0.5) is 4.79 Å². The van der Waals surface area contributed by atoms with Crippen molar-refractivity contribution in [2.75, 3.05) is 19.6 Å². The molecule has 0 spiro atoms. The first kappa shape index (κ1) is 11.3. The van der Waals surface area contributed by atoms with Crippen molar-refractivity contribution in [3.8, 4) is 0 Å². The molecule has 82 valence electrons. The van der Waals surface area contributed by atoms with Crippen molar-refractivity contribution < 1.29 is 4.79 Å². The Balaban J connectivity index is 2.44. The standard InChI is InChI=1S/C10H21N3O/c1-7(2)9-6-13(10(14)12-9)5-8(3)4-11/h7-9H,4-6,11H2,1-3H3,(H,12,14). The quantitative estimate of drug-likeness (QED) is 0.697. The molecule has 4 heteroatoms. The summed E-state index contributed by atoms with van der Waals surface area (Å²) in [5.74, 6) is 0.879. The highest BCUT2D eigenvalue weighted by atomic mass is 16.2. The van der Waals surface area contributed by atoms with Crippen molar-refractivity contribution >= 4 is 6.03 Å². The van der Waals surface area contributed by atoms with Crippen molar-refractivity contribution in [1.82, 2.24) is 10.2 Å². The fourth-order valence-electron chi connectivity index (χ4n) is 1.60. The van der Waals surface area contributed by atoms with Crippen LogP contribution in [-0.2, 0) is 0 Å². The molecule has 1 rings (SSSR count). The highest BCUT2D eigenvalue weighted by molar-refractivity contribution is 5.76. The van der Waals surface area contributed by atoms with Crippen LogP contribution < -0.4 is 11.1 Å². The van der Waals surface area contributed by atoms with Gasteiger partial charge < -0.3 is 16.0 Å². The molecule has 14 heavy (non-hydrogen) atoms. The van der Waals surface area contributed by atoms with Gasteiger partial charge in [0.25, 0.3) is 0 Å². The minimum atomic E-state index is 0.0593. The first-order valence-electron chi connectivity index (χ1n) is 5.30. The van der Waals surface area contributed by atoms with Crippen LogP contribution in [0.15, 0.2) is 0 Å². The second kappa shape index (κ2) is 4.64. The first-order valence-corrected chi connectivity index (χ1v) is 5.30. The lowest BCUT2D eigenvalue weighted by Crippen LogP contribution is -2.34.